The van der Waals surface area contributed by atoms with E-state index in [0.29, 0.717) is 5.92 Å². The molecule has 15 heavy (non-hydrogen) atoms. The van der Waals surface area contributed by atoms with Crippen LogP contribution in [-0.2, 0) is 0 Å². The van der Waals surface area contributed by atoms with E-state index in [0.717, 1.165) is 12.5 Å². The topological polar surface area (TPSA) is 27.3 Å². The van der Waals surface area contributed by atoms with Gasteiger partial charge in [-0.3, -0.25) is 5.01 Å². The normalized spacial score (nSPS) is 13.0. The van der Waals surface area contributed by atoms with Crippen LogP contribution < -0.4 is 11.0 Å². The Bertz CT molecular complexity index is 139. The SMILES string of the molecule is CC.CC(C)C.CC(C)CN1C=CNN1. The third kappa shape index (κ3) is 16.0. The van der Waals surface area contributed by atoms with E-state index in [-0.39, 0.29) is 0 Å². The molecule has 1 rings (SSSR count). The molecule has 0 atom stereocenters. The Balaban J connectivity index is 0. The van der Waals surface area contributed by atoms with Crippen molar-refractivity contribution in [2.45, 2.75) is 48.5 Å². The van der Waals surface area contributed by atoms with Crippen LogP contribution in [0.2, 0.25) is 0 Å². The Hall–Kier alpha value is -0.700. The van der Waals surface area contributed by atoms with Crippen LogP contribution in [0.3, 0.4) is 0 Å². The standard InChI is InChI=1S/C6H13N3.C4H10.C2H6/c1-6(2)5-9-4-3-7-8-9;1-4(2)3;1-2/h3-4,6-8H,5H2,1-2H3;4H,1-3H3;1-2H3. The number of rotatable bonds is 2. The van der Waals surface area contributed by atoms with E-state index in [1.54, 1.807) is 0 Å². The minimum Gasteiger partial charge on any atom is -0.310 e. The third-order valence-corrected chi connectivity index (χ3v) is 1.11. The molecule has 0 aromatic rings. The first kappa shape index (κ1) is 16.7. The number of hydrazine groups is 2. The van der Waals surface area contributed by atoms with Gasteiger partial charge < -0.3 is 5.43 Å². The van der Waals surface area contributed by atoms with E-state index >= 15 is 0 Å². The Kier molecular flexibility index (Phi) is 12.7. The Morgan fingerprint density at radius 3 is 1.80 bits per heavy atom. The number of hydrogen-bond donors (Lipinski definition) is 2. The summed E-state index contributed by atoms with van der Waals surface area (Å²) in [7, 11) is 0. The van der Waals surface area contributed by atoms with Gasteiger partial charge in [-0.2, -0.15) is 0 Å². The van der Waals surface area contributed by atoms with Crippen LogP contribution in [-0.4, -0.2) is 11.6 Å². The summed E-state index contributed by atoms with van der Waals surface area (Å²) in [5.74, 6) is 1.53. The average molecular weight is 215 g/mol. The highest BCUT2D eigenvalue weighted by molar-refractivity contribution is 4.82. The summed E-state index contributed by atoms with van der Waals surface area (Å²) in [4.78, 5) is 0. The maximum absolute atomic E-state index is 2.96. The van der Waals surface area contributed by atoms with E-state index in [1.807, 2.05) is 31.3 Å². The van der Waals surface area contributed by atoms with E-state index < -0.39 is 0 Å². The van der Waals surface area contributed by atoms with Gasteiger partial charge in [0.1, 0.15) is 0 Å². The first-order chi connectivity index (χ1) is 7.02. The van der Waals surface area contributed by atoms with Gasteiger partial charge in [0, 0.05) is 18.9 Å². The molecule has 1 aliphatic rings. The molecule has 1 heterocycles. The van der Waals surface area contributed by atoms with Gasteiger partial charge in [0.25, 0.3) is 0 Å². The maximum Gasteiger partial charge on any atom is 0.0379 e. The summed E-state index contributed by atoms with van der Waals surface area (Å²) < 4.78 is 0. The van der Waals surface area contributed by atoms with Gasteiger partial charge in [0.2, 0.25) is 0 Å². The lowest BCUT2D eigenvalue weighted by molar-refractivity contribution is 0.244. The zero-order chi connectivity index (χ0) is 12.3. The number of nitrogens with zero attached hydrogens (tertiary/aromatic N) is 1. The third-order valence-electron chi connectivity index (χ3n) is 1.11. The molecule has 0 aromatic heterocycles. The molecule has 0 unspecified atom stereocenters. The molecule has 0 fully saturated rings. The molecule has 1 aliphatic heterocycles. The fourth-order valence-electron chi connectivity index (χ4n) is 0.785. The lowest BCUT2D eigenvalue weighted by Crippen LogP contribution is -2.37. The van der Waals surface area contributed by atoms with Crippen LogP contribution in [0.1, 0.15) is 48.5 Å². The summed E-state index contributed by atoms with van der Waals surface area (Å²) in [5.41, 5.74) is 5.83. The summed E-state index contributed by atoms with van der Waals surface area (Å²) in [6.07, 6.45) is 3.86. The van der Waals surface area contributed by atoms with Crippen molar-refractivity contribution in [2.24, 2.45) is 11.8 Å². The summed E-state index contributed by atoms with van der Waals surface area (Å²) in [5, 5.41) is 2.02. The average Bonchev–Trinajstić information content (AvgIpc) is 2.58. The lowest BCUT2D eigenvalue weighted by Gasteiger charge is -2.16. The van der Waals surface area contributed by atoms with Gasteiger partial charge in [-0.1, -0.05) is 48.5 Å². The molecule has 3 heteroatoms. The molecule has 2 N–H and O–H groups in total. The Morgan fingerprint density at radius 1 is 1.07 bits per heavy atom. The van der Waals surface area contributed by atoms with Crippen molar-refractivity contribution in [1.29, 1.82) is 0 Å². The van der Waals surface area contributed by atoms with Gasteiger partial charge in [-0.15, -0.1) is 5.53 Å². The van der Waals surface area contributed by atoms with E-state index in [2.05, 4.69) is 45.6 Å². The molecule has 0 radical (unpaired) electrons. The fourth-order valence-corrected chi connectivity index (χ4v) is 0.785. The molecule has 0 aliphatic carbocycles. The molecule has 0 aromatic carbocycles. The molecule has 0 spiro atoms. The van der Waals surface area contributed by atoms with Crippen LogP contribution in [0.4, 0.5) is 0 Å². The molecule has 0 bridgehead atoms. The molecular formula is C12H29N3. The first-order valence-corrected chi connectivity index (χ1v) is 5.97. The lowest BCUT2D eigenvalue weighted by atomic mass is 10.2. The van der Waals surface area contributed by atoms with Crippen molar-refractivity contribution in [3.05, 3.63) is 12.4 Å². The predicted molar refractivity (Wildman–Crippen MR) is 68.8 cm³/mol. The van der Waals surface area contributed by atoms with Crippen LogP contribution >= 0.6 is 0 Å². The highest BCUT2D eigenvalue weighted by atomic mass is 15.7. The molecule has 3 nitrogen and oxygen atoms in total. The molecule has 0 saturated heterocycles. The Labute approximate surface area is 95.9 Å². The highest BCUT2D eigenvalue weighted by Gasteiger charge is 2.03. The molecule has 0 saturated carbocycles. The van der Waals surface area contributed by atoms with Gasteiger partial charge in [-0.25, -0.2) is 0 Å². The maximum atomic E-state index is 2.96. The van der Waals surface area contributed by atoms with Crippen LogP contribution in [0.15, 0.2) is 12.4 Å². The second-order valence-electron chi connectivity index (χ2n) is 4.35. The van der Waals surface area contributed by atoms with E-state index in [9.17, 15) is 0 Å². The highest BCUT2D eigenvalue weighted by Crippen LogP contribution is 1.96. The monoisotopic (exact) mass is 215 g/mol. The van der Waals surface area contributed by atoms with Crippen LogP contribution in [0, 0.1) is 11.8 Å². The van der Waals surface area contributed by atoms with E-state index in [1.165, 1.54) is 0 Å². The first-order valence-electron chi connectivity index (χ1n) is 5.97. The van der Waals surface area contributed by atoms with Crippen molar-refractivity contribution in [1.82, 2.24) is 16.0 Å². The van der Waals surface area contributed by atoms with Gasteiger partial charge in [0.15, 0.2) is 0 Å². The minimum atomic E-state index is 0.696. The van der Waals surface area contributed by atoms with Gasteiger partial charge in [-0.05, 0) is 11.8 Å². The second-order valence-corrected chi connectivity index (χ2v) is 4.35. The second kappa shape index (κ2) is 11.4. The van der Waals surface area contributed by atoms with Crippen LogP contribution in [0.5, 0.6) is 0 Å². The molecular weight excluding hydrogens is 186 g/mol. The minimum absolute atomic E-state index is 0.696. The molecule has 92 valence electrons. The van der Waals surface area contributed by atoms with Crippen LogP contribution in [0.25, 0.3) is 0 Å². The zero-order valence-corrected chi connectivity index (χ0v) is 11.5. The summed E-state index contributed by atoms with van der Waals surface area (Å²) in [6, 6.07) is 0. The van der Waals surface area contributed by atoms with Gasteiger partial charge in [0.05, 0.1) is 0 Å². The number of nitrogens with one attached hydrogen (secondary N) is 2. The zero-order valence-electron chi connectivity index (χ0n) is 11.5. The van der Waals surface area contributed by atoms with Crippen molar-refractivity contribution < 1.29 is 0 Å². The Morgan fingerprint density at radius 2 is 1.53 bits per heavy atom. The van der Waals surface area contributed by atoms with Crippen molar-refractivity contribution in [3.63, 3.8) is 0 Å². The summed E-state index contributed by atoms with van der Waals surface area (Å²) in [6.45, 7) is 15.9. The van der Waals surface area contributed by atoms with E-state index in [4.69, 9.17) is 0 Å². The van der Waals surface area contributed by atoms with Gasteiger partial charge >= 0.3 is 0 Å². The quantitative estimate of drug-likeness (QED) is 0.741. The van der Waals surface area contributed by atoms with Crippen molar-refractivity contribution in [3.8, 4) is 0 Å². The smallest absolute Gasteiger partial charge is 0.0379 e. The molecule has 0 amide bonds. The predicted octanol–water partition coefficient (Wildman–Crippen LogP) is 3.13. The number of hydrogen-bond acceptors (Lipinski definition) is 3. The largest absolute Gasteiger partial charge is 0.310 e. The van der Waals surface area contributed by atoms with Crippen molar-refractivity contribution in [2.75, 3.05) is 6.54 Å². The van der Waals surface area contributed by atoms with Crippen molar-refractivity contribution >= 4 is 0 Å². The fraction of sp³-hybridized carbons (Fsp3) is 0.833. The summed E-state index contributed by atoms with van der Waals surface area (Å²) >= 11 is 0.